The monoisotopic (exact) mass is 294 g/mol. The molecule has 6 heteroatoms. The fourth-order valence-electron chi connectivity index (χ4n) is 1.29. The molecule has 1 rings (SSSR count). The first-order valence-corrected chi connectivity index (χ1v) is 6.30. The average molecular weight is 296 g/mol. The maximum Gasteiger partial charge on any atom is 0.241 e. The fraction of sp³-hybridized carbons (Fsp3) is 0.364. The second kappa shape index (κ2) is 6.45. The Hall–Kier alpha value is -0.480. The van der Waals surface area contributed by atoms with Crippen LogP contribution in [-0.2, 0) is 4.79 Å². The number of anilines is 1. The number of rotatable bonds is 4. The van der Waals surface area contributed by atoms with Crippen LogP contribution in [0.3, 0.4) is 0 Å². The van der Waals surface area contributed by atoms with Crippen molar-refractivity contribution >= 4 is 46.4 Å². The van der Waals surface area contributed by atoms with Crippen LogP contribution in [-0.4, -0.2) is 11.9 Å². The zero-order chi connectivity index (χ0) is 13.0. The standard InChI is InChI=1S/C11H13Cl3N2O/c1-2-3-9(15)11(17)16-10-5-7(13)6(12)4-8(10)14/h4-5,9H,2-3,15H2,1H3,(H,16,17)/t9-/m1/s1. The minimum atomic E-state index is -0.550. The lowest BCUT2D eigenvalue weighted by Gasteiger charge is -2.12. The highest BCUT2D eigenvalue weighted by atomic mass is 35.5. The quantitative estimate of drug-likeness (QED) is 0.832. The van der Waals surface area contributed by atoms with Crippen LogP contribution in [0, 0.1) is 0 Å². The van der Waals surface area contributed by atoms with Crippen LogP contribution < -0.4 is 11.1 Å². The molecule has 0 aliphatic rings. The Kier molecular flexibility index (Phi) is 5.53. The lowest BCUT2D eigenvalue weighted by molar-refractivity contribution is -0.117. The van der Waals surface area contributed by atoms with Crippen molar-refractivity contribution in [3.63, 3.8) is 0 Å². The zero-order valence-electron chi connectivity index (χ0n) is 9.27. The lowest BCUT2D eigenvalue weighted by atomic mass is 10.1. The first kappa shape index (κ1) is 14.6. The normalized spacial score (nSPS) is 12.3. The van der Waals surface area contributed by atoms with Crippen molar-refractivity contribution in [1.29, 1.82) is 0 Å². The Labute approximate surface area is 115 Å². The van der Waals surface area contributed by atoms with E-state index in [1.165, 1.54) is 12.1 Å². The van der Waals surface area contributed by atoms with E-state index in [2.05, 4.69) is 5.32 Å². The third-order valence-electron chi connectivity index (χ3n) is 2.20. The second-order valence-electron chi connectivity index (χ2n) is 3.63. The number of nitrogens with two attached hydrogens (primary N) is 1. The van der Waals surface area contributed by atoms with E-state index in [1.54, 1.807) is 0 Å². The van der Waals surface area contributed by atoms with E-state index in [0.717, 1.165) is 6.42 Å². The Morgan fingerprint density at radius 3 is 2.47 bits per heavy atom. The third kappa shape index (κ3) is 4.03. The minimum absolute atomic E-state index is 0.285. The molecule has 1 atom stereocenters. The number of nitrogens with one attached hydrogen (secondary N) is 1. The van der Waals surface area contributed by atoms with Crippen LogP contribution in [0.25, 0.3) is 0 Å². The maximum absolute atomic E-state index is 11.7. The second-order valence-corrected chi connectivity index (χ2v) is 4.85. The predicted molar refractivity (Wildman–Crippen MR) is 73.0 cm³/mol. The molecule has 0 aliphatic heterocycles. The van der Waals surface area contributed by atoms with Crippen molar-refractivity contribution in [3.05, 3.63) is 27.2 Å². The topological polar surface area (TPSA) is 55.1 Å². The Morgan fingerprint density at radius 2 is 1.88 bits per heavy atom. The van der Waals surface area contributed by atoms with Gasteiger partial charge in [0.1, 0.15) is 0 Å². The molecule has 1 aromatic rings. The lowest BCUT2D eigenvalue weighted by Crippen LogP contribution is -2.35. The van der Waals surface area contributed by atoms with Gasteiger partial charge >= 0.3 is 0 Å². The number of halogens is 3. The van der Waals surface area contributed by atoms with Crippen molar-refractivity contribution < 1.29 is 4.79 Å². The Balaban J connectivity index is 2.81. The summed E-state index contributed by atoms with van der Waals surface area (Å²) in [5.74, 6) is -0.285. The summed E-state index contributed by atoms with van der Waals surface area (Å²) in [6.07, 6.45) is 1.45. The van der Waals surface area contributed by atoms with Gasteiger partial charge in [0.15, 0.2) is 0 Å². The number of hydrogen-bond acceptors (Lipinski definition) is 2. The van der Waals surface area contributed by atoms with E-state index < -0.39 is 6.04 Å². The van der Waals surface area contributed by atoms with E-state index in [9.17, 15) is 4.79 Å². The molecule has 0 unspecified atom stereocenters. The number of carbonyl (C=O) groups is 1. The summed E-state index contributed by atoms with van der Waals surface area (Å²) in [6.45, 7) is 1.96. The fourth-order valence-corrected chi connectivity index (χ4v) is 1.88. The summed E-state index contributed by atoms with van der Waals surface area (Å²) in [6, 6.07) is 2.43. The number of benzene rings is 1. The summed E-state index contributed by atoms with van der Waals surface area (Å²) in [7, 11) is 0. The van der Waals surface area contributed by atoms with Crippen LogP contribution in [0.15, 0.2) is 12.1 Å². The van der Waals surface area contributed by atoms with Crippen LogP contribution in [0.5, 0.6) is 0 Å². The van der Waals surface area contributed by atoms with Gasteiger partial charge in [-0.3, -0.25) is 4.79 Å². The van der Waals surface area contributed by atoms with Gasteiger partial charge in [0.2, 0.25) is 5.91 Å². The molecular weight excluding hydrogens is 282 g/mol. The zero-order valence-corrected chi connectivity index (χ0v) is 11.5. The predicted octanol–water partition coefficient (Wildman–Crippen LogP) is 3.71. The van der Waals surface area contributed by atoms with Crippen LogP contribution in [0.1, 0.15) is 19.8 Å². The molecule has 0 saturated carbocycles. The number of amides is 1. The van der Waals surface area contributed by atoms with E-state index in [-0.39, 0.29) is 5.91 Å². The highest BCUT2D eigenvalue weighted by molar-refractivity contribution is 6.44. The molecule has 94 valence electrons. The van der Waals surface area contributed by atoms with Crippen LogP contribution >= 0.6 is 34.8 Å². The van der Waals surface area contributed by atoms with Crippen LogP contribution in [0.2, 0.25) is 15.1 Å². The van der Waals surface area contributed by atoms with Gasteiger partial charge in [-0.2, -0.15) is 0 Å². The largest absolute Gasteiger partial charge is 0.323 e. The van der Waals surface area contributed by atoms with Crippen molar-refractivity contribution in [1.82, 2.24) is 0 Å². The van der Waals surface area contributed by atoms with E-state index in [4.69, 9.17) is 40.5 Å². The molecule has 1 aromatic carbocycles. The summed E-state index contributed by atoms with van der Waals surface area (Å²) in [5.41, 5.74) is 6.09. The van der Waals surface area contributed by atoms with E-state index in [0.29, 0.717) is 27.2 Å². The minimum Gasteiger partial charge on any atom is -0.323 e. The molecule has 0 aliphatic carbocycles. The smallest absolute Gasteiger partial charge is 0.241 e. The number of carbonyl (C=O) groups excluding carboxylic acids is 1. The highest BCUT2D eigenvalue weighted by Crippen LogP contribution is 2.32. The third-order valence-corrected chi connectivity index (χ3v) is 3.24. The first-order chi connectivity index (χ1) is 7.95. The Morgan fingerprint density at radius 1 is 1.29 bits per heavy atom. The van der Waals surface area contributed by atoms with Gasteiger partial charge in [0.05, 0.1) is 26.8 Å². The highest BCUT2D eigenvalue weighted by Gasteiger charge is 2.14. The van der Waals surface area contributed by atoms with Crippen molar-refractivity contribution in [2.75, 3.05) is 5.32 Å². The Bertz CT molecular complexity index is 423. The molecule has 1 amide bonds. The van der Waals surface area contributed by atoms with E-state index >= 15 is 0 Å². The van der Waals surface area contributed by atoms with Crippen molar-refractivity contribution in [2.24, 2.45) is 5.73 Å². The van der Waals surface area contributed by atoms with Gasteiger partial charge in [0.25, 0.3) is 0 Å². The molecule has 0 spiro atoms. The van der Waals surface area contributed by atoms with Gasteiger partial charge in [0, 0.05) is 0 Å². The molecular formula is C11H13Cl3N2O. The summed E-state index contributed by atoms with van der Waals surface area (Å²) < 4.78 is 0. The summed E-state index contributed by atoms with van der Waals surface area (Å²) in [5, 5.41) is 3.62. The maximum atomic E-state index is 11.7. The number of hydrogen-bond donors (Lipinski definition) is 2. The van der Waals surface area contributed by atoms with Gasteiger partial charge in [-0.25, -0.2) is 0 Å². The summed E-state index contributed by atoms with van der Waals surface area (Å²) in [4.78, 5) is 11.7. The molecule has 0 saturated heterocycles. The van der Waals surface area contributed by atoms with Gasteiger partial charge in [-0.15, -0.1) is 0 Å². The summed E-state index contributed by atoms with van der Waals surface area (Å²) >= 11 is 17.5. The van der Waals surface area contributed by atoms with Crippen LogP contribution in [0.4, 0.5) is 5.69 Å². The van der Waals surface area contributed by atoms with Gasteiger partial charge in [-0.05, 0) is 18.6 Å². The average Bonchev–Trinajstić information content (AvgIpc) is 2.26. The van der Waals surface area contributed by atoms with Crippen molar-refractivity contribution in [3.8, 4) is 0 Å². The molecule has 3 nitrogen and oxygen atoms in total. The SMILES string of the molecule is CCC[C@@H](N)C(=O)Nc1cc(Cl)c(Cl)cc1Cl. The molecule has 0 heterocycles. The molecule has 0 fully saturated rings. The molecule has 0 radical (unpaired) electrons. The van der Waals surface area contributed by atoms with Gasteiger partial charge in [-0.1, -0.05) is 48.1 Å². The molecule has 0 bridgehead atoms. The van der Waals surface area contributed by atoms with Gasteiger partial charge < -0.3 is 11.1 Å². The molecule has 0 aromatic heterocycles. The molecule has 3 N–H and O–H groups in total. The molecule has 17 heavy (non-hydrogen) atoms. The van der Waals surface area contributed by atoms with Crippen molar-refractivity contribution in [2.45, 2.75) is 25.8 Å². The van der Waals surface area contributed by atoms with E-state index in [1.807, 2.05) is 6.92 Å². The first-order valence-electron chi connectivity index (χ1n) is 5.16.